The summed E-state index contributed by atoms with van der Waals surface area (Å²) >= 11 is 6.12. The first-order chi connectivity index (χ1) is 12.0. The molecule has 134 valence electrons. The molecule has 0 fully saturated rings. The van der Waals surface area contributed by atoms with Gasteiger partial charge in [0.05, 0.1) is 18.1 Å². The molecule has 0 saturated carbocycles. The van der Waals surface area contributed by atoms with Crippen molar-refractivity contribution in [2.75, 3.05) is 5.88 Å². The predicted molar refractivity (Wildman–Crippen MR) is 104 cm³/mol. The van der Waals surface area contributed by atoms with Crippen molar-refractivity contribution < 1.29 is 9.47 Å². The lowest BCUT2D eigenvalue weighted by atomic mass is 9.94. The third-order valence-corrected chi connectivity index (χ3v) is 3.73. The van der Waals surface area contributed by atoms with Crippen molar-refractivity contribution in [1.29, 1.82) is 0 Å². The molecule has 0 aliphatic carbocycles. The van der Waals surface area contributed by atoms with Crippen LogP contribution in [-0.2, 0) is 15.2 Å². The largest absolute Gasteiger partial charge is 0.477 e. The van der Waals surface area contributed by atoms with Gasteiger partial charge < -0.3 is 9.47 Å². The molecule has 0 unspecified atom stereocenters. The summed E-state index contributed by atoms with van der Waals surface area (Å²) in [5, 5.41) is 0. The Bertz CT molecular complexity index is 629. The first-order valence-electron chi connectivity index (χ1n) is 8.58. The Balaban J connectivity index is 2.69. The second-order valence-electron chi connectivity index (χ2n) is 6.35. The van der Waals surface area contributed by atoms with E-state index in [4.69, 9.17) is 26.1 Å². The van der Waals surface area contributed by atoms with Gasteiger partial charge in [-0.1, -0.05) is 60.7 Å². The van der Waals surface area contributed by atoms with Crippen LogP contribution in [0.3, 0.4) is 0 Å². The lowest BCUT2D eigenvalue weighted by Gasteiger charge is -2.33. The fraction of sp³-hybridized carbons (Fsp3) is 0.381. The quantitative estimate of drug-likeness (QED) is 0.377. The standard InChI is InChI=1S/C21H26ClNO2/c1-16(2)24-20(15-22)23-21(25-17(3)4,18-11-7-5-8-12-18)19-13-9-6-10-14-19/h5-14,16-17H,15H2,1-4H3/b23-20+. The number of rotatable bonds is 7. The Morgan fingerprint density at radius 3 is 1.72 bits per heavy atom. The zero-order valence-corrected chi connectivity index (χ0v) is 16.0. The fourth-order valence-electron chi connectivity index (χ4n) is 2.66. The van der Waals surface area contributed by atoms with Crippen LogP contribution in [0.1, 0.15) is 38.8 Å². The summed E-state index contributed by atoms with van der Waals surface area (Å²) in [6.07, 6.45) is -0.0550. The number of hydrogen-bond acceptors (Lipinski definition) is 3. The Labute approximate surface area is 155 Å². The van der Waals surface area contributed by atoms with Crippen LogP contribution < -0.4 is 0 Å². The summed E-state index contributed by atoms with van der Waals surface area (Å²) in [5.74, 6) is 0.645. The predicted octanol–water partition coefficient (Wildman–Crippen LogP) is 5.38. The zero-order chi connectivity index (χ0) is 18.3. The van der Waals surface area contributed by atoms with Crippen LogP contribution in [-0.4, -0.2) is 24.0 Å². The Morgan fingerprint density at radius 2 is 1.36 bits per heavy atom. The minimum absolute atomic E-state index is 0.0132. The van der Waals surface area contributed by atoms with Crippen molar-refractivity contribution in [2.24, 2.45) is 4.99 Å². The number of halogens is 1. The number of benzene rings is 2. The minimum atomic E-state index is -1.00. The summed E-state index contributed by atoms with van der Waals surface area (Å²) in [7, 11) is 0. The molecule has 0 aliphatic rings. The van der Waals surface area contributed by atoms with Gasteiger partial charge in [0, 0.05) is 11.1 Å². The van der Waals surface area contributed by atoms with Crippen LogP contribution in [0, 0.1) is 0 Å². The molecule has 2 aromatic carbocycles. The topological polar surface area (TPSA) is 30.8 Å². The second-order valence-corrected chi connectivity index (χ2v) is 6.62. The van der Waals surface area contributed by atoms with Gasteiger partial charge in [0.1, 0.15) is 0 Å². The van der Waals surface area contributed by atoms with E-state index >= 15 is 0 Å². The number of aliphatic imine (C=N–C) groups is 1. The molecule has 0 bridgehead atoms. The van der Waals surface area contributed by atoms with Gasteiger partial charge in [0.25, 0.3) is 0 Å². The number of hydrogen-bond donors (Lipinski definition) is 0. The van der Waals surface area contributed by atoms with E-state index in [1.165, 1.54) is 0 Å². The Kier molecular flexibility index (Phi) is 7.03. The lowest BCUT2D eigenvalue weighted by molar-refractivity contribution is -0.0527. The van der Waals surface area contributed by atoms with Gasteiger partial charge in [-0.25, -0.2) is 4.99 Å². The molecule has 0 N–H and O–H groups in total. The van der Waals surface area contributed by atoms with E-state index in [9.17, 15) is 0 Å². The van der Waals surface area contributed by atoms with E-state index in [0.717, 1.165) is 11.1 Å². The van der Waals surface area contributed by atoms with E-state index in [0.29, 0.717) is 5.90 Å². The van der Waals surface area contributed by atoms with E-state index in [-0.39, 0.29) is 18.1 Å². The van der Waals surface area contributed by atoms with Crippen molar-refractivity contribution in [2.45, 2.75) is 45.6 Å². The molecule has 0 spiro atoms. The molecule has 2 rings (SSSR count). The van der Waals surface area contributed by atoms with E-state index < -0.39 is 5.72 Å². The average molecular weight is 360 g/mol. The second kappa shape index (κ2) is 9.02. The summed E-state index contributed by atoms with van der Waals surface area (Å²) in [4.78, 5) is 4.89. The SMILES string of the molecule is CC(C)O/C(CCl)=N/C(OC(C)C)(c1ccccc1)c1ccccc1. The molecule has 0 amide bonds. The van der Waals surface area contributed by atoms with Gasteiger partial charge in [-0.2, -0.15) is 0 Å². The molecule has 25 heavy (non-hydrogen) atoms. The molecule has 0 saturated heterocycles. The number of alkyl halides is 1. The van der Waals surface area contributed by atoms with Gasteiger partial charge in [0.15, 0.2) is 0 Å². The maximum Gasteiger partial charge on any atom is 0.215 e. The maximum atomic E-state index is 6.40. The van der Waals surface area contributed by atoms with Crippen molar-refractivity contribution in [3.05, 3.63) is 71.8 Å². The lowest BCUT2D eigenvalue weighted by Crippen LogP contribution is -2.34. The van der Waals surface area contributed by atoms with Crippen LogP contribution in [0.4, 0.5) is 0 Å². The highest BCUT2D eigenvalue weighted by Crippen LogP contribution is 2.37. The highest BCUT2D eigenvalue weighted by atomic mass is 35.5. The van der Waals surface area contributed by atoms with E-state index in [1.54, 1.807) is 0 Å². The monoisotopic (exact) mass is 359 g/mol. The van der Waals surface area contributed by atoms with Gasteiger partial charge >= 0.3 is 0 Å². The number of nitrogens with zero attached hydrogens (tertiary/aromatic N) is 1. The van der Waals surface area contributed by atoms with Crippen molar-refractivity contribution in [1.82, 2.24) is 0 Å². The summed E-state index contributed by atoms with van der Waals surface area (Å²) in [6.45, 7) is 7.91. The first-order valence-corrected chi connectivity index (χ1v) is 9.11. The Morgan fingerprint density at radius 1 is 0.880 bits per heavy atom. The molecule has 0 aliphatic heterocycles. The summed E-state index contributed by atoms with van der Waals surface area (Å²) in [5.41, 5.74) is 0.866. The highest BCUT2D eigenvalue weighted by molar-refractivity contribution is 6.27. The van der Waals surface area contributed by atoms with Crippen molar-refractivity contribution in [3.8, 4) is 0 Å². The number of ether oxygens (including phenoxy) is 2. The van der Waals surface area contributed by atoms with Crippen LogP contribution in [0.5, 0.6) is 0 Å². The summed E-state index contributed by atoms with van der Waals surface area (Å²) < 4.78 is 12.2. The maximum absolute atomic E-state index is 6.40. The molecule has 2 aromatic rings. The minimum Gasteiger partial charge on any atom is -0.477 e. The third kappa shape index (κ3) is 5.07. The van der Waals surface area contributed by atoms with Gasteiger partial charge in [-0.15, -0.1) is 11.6 Å². The Hall–Kier alpha value is -1.84. The van der Waals surface area contributed by atoms with E-state index in [1.807, 2.05) is 88.4 Å². The van der Waals surface area contributed by atoms with Crippen LogP contribution in [0.15, 0.2) is 65.7 Å². The molecule has 0 atom stereocenters. The molecular formula is C21H26ClNO2. The van der Waals surface area contributed by atoms with Gasteiger partial charge in [-0.3, -0.25) is 0 Å². The average Bonchev–Trinajstić information content (AvgIpc) is 2.61. The molecule has 3 nitrogen and oxygen atoms in total. The summed E-state index contributed by atoms with van der Waals surface area (Å²) in [6, 6.07) is 19.9. The smallest absolute Gasteiger partial charge is 0.215 e. The van der Waals surface area contributed by atoms with E-state index in [2.05, 4.69) is 0 Å². The molecular weight excluding hydrogens is 334 g/mol. The van der Waals surface area contributed by atoms with Crippen LogP contribution >= 0.6 is 11.6 Å². The fourth-order valence-corrected chi connectivity index (χ4v) is 2.79. The van der Waals surface area contributed by atoms with Crippen molar-refractivity contribution >= 4 is 17.5 Å². The van der Waals surface area contributed by atoms with Crippen LogP contribution in [0.2, 0.25) is 0 Å². The zero-order valence-electron chi connectivity index (χ0n) is 15.3. The third-order valence-electron chi connectivity index (χ3n) is 3.50. The van der Waals surface area contributed by atoms with Gasteiger partial charge in [-0.05, 0) is 27.7 Å². The molecule has 4 heteroatoms. The van der Waals surface area contributed by atoms with Crippen molar-refractivity contribution in [3.63, 3.8) is 0 Å². The molecule has 0 radical (unpaired) electrons. The molecule has 0 heterocycles. The normalized spacial score (nSPS) is 12.7. The molecule has 0 aromatic heterocycles. The van der Waals surface area contributed by atoms with Crippen LogP contribution in [0.25, 0.3) is 0 Å². The highest BCUT2D eigenvalue weighted by Gasteiger charge is 2.37. The first kappa shape index (κ1) is 19.5. The van der Waals surface area contributed by atoms with Gasteiger partial charge in [0.2, 0.25) is 11.6 Å².